The van der Waals surface area contributed by atoms with Crippen LogP contribution in [-0.2, 0) is 0 Å². The Labute approximate surface area is 133 Å². The molecular formula is C20H26O2. The molecule has 0 bridgehead atoms. The second kappa shape index (κ2) is 9.14. The van der Waals surface area contributed by atoms with E-state index in [-0.39, 0.29) is 0 Å². The Kier molecular flexibility index (Phi) is 6.82. The van der Waals surface area contributed by atoms with E-state index in [1.165, 1.54) is 32.1 Å². The zero-order valence-electron chi connectivity index (χ0n) is 13.4. The van der Waals surface area contributed by atoms with E-state index in [2.05, 4.69) is 19.1 Å². The Bertz CT molecular complexity index is 529. The van der Waals surface area contributed by atoms with Gasteiger partial charge in [0.2, 0.25) is 0 Å². The van der Waals surface area contributed by atoms with Gasteiger partial charge in [-0.3, -0.25) is 0 Å². The summed E-state index contributed by atoms with van der Waals surface area (Å²) in [6.45, 7) is 3.04. The number of phenolic OH excluding ortho intramolecular Hbond substituents is 1. The van der Waals surface area contributed by atoms with Crippen molar-refractivity contribution in [2.75, 3.05) is 6.61 Å². The van der Waals surface area contributed by atoms with E-state index in [4.69, 9.17) is 4.74 Å². The monoisotopic (exact) mass is 298 g/mol. The highest BCUT2D eigenvalue weighted by Gasteiger charge is 1.99. The van der Waals surface area contributed by atoms with Crippen molar-refractivity contribution in [3.05, 3.63) is 48.5 Å². The van der Waals surface area contributed by atoms with Gasteiger partial charge in [-0.25, -0.2) is 0 Å². The summed E-state index contributed by atoms with van der Waals surface area (Å²) >= 11 is 0. The van der Waals surface area contributed by atoms with Crippen molar-refractivity contribution >= 4 is 0 Å². The lowest BCUT2D eigenvalue weighted by Crippen LogP contribution is -1.97. The van der Waals surface area contributed by atoms with Crippen LogP contribution >= 0.6 is 0 Å². The first kappa shape index (κ1) is 16.4. The van der Waals surface area contributed by atoms with Crippen LogP contribution in [0.3, 0.4) is 0 Å². The molecule has 0 saturated heterocycles. The normalized spacial score (nSPS) is 10.6. The minimum absolute atomic E-state index is 0.294. The molecule has 0 spiro atoms. The fourth-order valence-corrected chi connectivity index (χ4v) is 2.47. The number of unbranched alkanes of at least 4 members (excludes halogenated alkanes) is 5. The molecule has 118 valence electrons. The number of hydrogen-bond acceptors (Lipinski definition) is 2. The molecule has 0 amide bonds. The van der Waals surface area contributed by atoms with Crippen molar-refractivity contribution in [3.63, 3.8) is 0 Å². The van der Waals surface area contributed by atoms with Crippen LogP contribution in [0, 0.1) is 0 Å². The minimum Gasteiger partial charge on any atom is -0.508 e. The SMILES string of the molecule is CCCCCCCCOc1ccc(-c2ccc(O)cc2)cc1. The van der Waals surface area contributed by atoms with Gasteiger partial charge in [0.05, 0.1) is 6.61 Å². The van der Waals surface area contributed by atoms with Gasteiger partial charge >= 0.3 is 0 Å². The van der Waals surface area contributed by atoms with Crippen LogP contribution < -0.4 is 4.74 Å². The number of phenols is 1. The molecule has 0 saturated carbocycles. The summed E-state index contributed by atoms with van der Waals surface area (Å²) in [6.07, 6.45) is 7.69. The highest BCUT2D eigenvalue weighted by Crippen LogP contribution is 2.24. The zero-order valence-corrected chi connectivity index (χ0v) is 13.4. The summed E-state index contributed by atoms with van der Waals surface area (Å²) in [7, 11) is 0. The van der Waals surface area contributed by atoms with E-state index in [9.17, 15) is 5.11 Å². The van der Waals surface area contributed by atoms with Gasteiger partial charge in [-0.2, -0.15) is 0 Å². The predicted octanol–water partition coefficient (Wildman–Crippen LogP) is 5.80. The molecule has 0 atom stereocenters. The van der Waals surface area contributed by atoms with Crippen LogP contribution in [0.4, 0.5) is 0 Å². The fourth-order valence-electron chi connectivity index (χ4n) is 2.47. The second-order valence-corrected chi connectivity index (χ2v) is 5.69. The molecule has 0 aliphatic carbocycles. The summed E-state index contributed by atoms with van der Waals surface area (Å²) < 4.78 is 5.78. The van der Waals surface area contributed by atoms with Gasteiger partial charge in [-0.05, 0) is 41.8 Å². The Morgan fingerprint density at radius 1 is 0.727 bits per heavy atom. The maximum atomic E-state index is 9.32. The van der Waals surface area contributed by atoms with Gasteiger partial charge in [-0.15, -0.1) is 0 Å². The van der Waals surface area contributed by atoms with Crippen molar-refractivity contribution in [3.8, 4) is 22.6 Å². The van der Waals surface area contributed by atoms with Gasteiger partial charge in [0.1, 0.15) is 11.5 Å². The van der Waals surface area contributed by atoms with Gasteiger partial charge in [-0.1, -0.05) is 63.3 Å². The second-order valence-electron chi connectivity index (χ2n) is 5.69. The van der Waals surface area contributed by atoms with Crippen LogP contribution in [0.15, 0.2) is 48.5 Å². The highest BCUT2D eigenvalue weighted by atomic mass is 16.5. The number of hydrogen-bond donors (Lipinski definition) is 1. The van der Waals surface area contributed by atoms with E-state index in [0.717, 1.165) is 29.9 Å². The Balaban J connectivity index is 1.74. The van der Waals surface area contributed by atoms with Crippen LogP contribution in [0.25, 0.3) is 11.1 Å². The Morgan fingerprint density at radius 2 is 1.27 bits per heavy atom. The third kappa shape index (κ3) is 5.44. The van der Waals surface area contributed by atoms with Crippen molar-refractivity contribution in [1.82, 2.24) is 0 Å². The van der Waals surface area contributed by atoms with Crippen molar-refractivity contribution in [1.29, 1.82) is 0 Å². The topological polar surface area (TPSA) is 29.5 Å². The molecule has 0 aliphatic rings. The van der Waals surface area contributed by atoms with Gasteiger partial charge in [0, 0.05) is 0 Å². The van der Waals surface area contributed by atoms with Crippen LogP contribution in [0.5, 0.6) is 11.5 Å². The summed E-state index contributed by atoms with van der Waals surface area (Å²) in [5.74, 6) is 1.22. The number of aromatic hydroxyl groups is 1. The number of benzene rings is 2. The molecule has 2 rings (SSSR count). The van der Waals surface area contributed by atoms with Gasteiger partial charge in [0.25, 0.3) is 0 Å². The van der Waals surface area contributed by atoms with E-state index < -0.39 is 0 Å². The predicted molar refractivity (Wildman–Crippen MR) is 92.4 cm³/mol. The molecule has 0 radical (unpaired) electrons. The van der Waals surface area contributed by atoms with Crippen LogP contribution in [0.1, 0.15) is 45.4 Å². The lowest BCUT2D eigenvalue weighted by Gasteiger charge is -2.07. The average Bonchev–Trinajstić information content (AvgIpc) is 2.55. The molecule has 2 aromatic carbocycles. The first-order chi connectivity index (χ1) is 10.8. The number of ether oxygens (including phenoxy) is 1. The van der Waals surface area contributed by atoms with E-state index in [1.54, 1.807) is 12.1 Å². The largest absolute Gasteiger partial charge is 0.508 e. The zero-order chi connectivity index (χ0) is 15.6. The molecule has 2 nitrogen and oxygen atoms in total. The first-order valence-corrected chi connectivity index (χ1v) is 8.32. The minimum atomic E-state index is 0.294. The highest BCUT2D eigenvalue weighted by molar-refractivity contribution is 5.64. The Hall–Kier alpha value is -1.96. The lowest BCUT2D eigenvalue weighted by molar-refractivity contribution is 0.304. The standard InChI is InChI=1S/C20H26O2/c1-2-3-4-5-6-7-16-22-20-14-10-18(11-15-20)17-8-12-19(21)13-9-17/h8-15,21H,2-7,16H2,1H3. The summed E-state index contributed by atoms with van der Waals surface area (Å²) in [6, 6.07) is 15.4. The van der Waals surface area contributed by atoms with Gasteiger partial charge < -0.3 is 9.84 Å². The summed E-state index contributed by atoms with van der Waals surface area (Å²) in [4.78, 5) is 0. The maximum absolute atomic E-state index is 9.32. The molecule has 1 N–H and O–H groups in total. The molecular weight excluding hydrogens is 272 g/mol. The summed E-state index contributed by atoms with van der Waals surface area (Å²) in [5.41, 5.74) is 2.23. The average molecular weight is 298 g/mol. The molecule has 0 aliphatic heterocycles. The fraction of sp³-hybridized carbons (Fsp3) is 0.400. The van der Waals surface area contributed by atoms with Crippen molar-refractivity contribution in [2.24, 2.45) is 0 Å². The van der Waals surface area contributed by atoms with Crippen LogP contribution in [0.2, 0.25) is 0 Å². The van der Waals surface area contributed by atoms with Crippen molar-refractivity contribution in [2.45, 2.75) is 45.4 Å². The molecule has 2 aromatic rings. The van der Waals surface area contributed by atoms with Crippen LogP contribution in [-0.4, -0.2) is 11.7 Å². The van der Waals surface area contributed by atoms with E-state index in [0.29, 0.717) is 5.75 Å². The molecule has 0 aromatic heterocycles. The molecule has 22 heavy (non-hydrogen) atoms. The maximum Gasteiger partial charge on any atom is 0.119 e. The van der Waals surface area contributed by atoms with E-state index >= 15 is 0 Å². The third-order valence-corrected chi connectivity index (χ3v) is 3.82. The molecule has 0 fully saturated rings. The number of rotatable bonds is 9. The van der Waals surface area contributed by atoms with Crippen molar-refractivity contribution < 1.29 is 9.84 Å². The first-order valence-electron chi connectivity index (χ1n) is 8.32. The third-order valence-electron chi connectivity index (χ3n) is 3.82. The molecule has 0 heterocycles. The Morgan fingerprint density at radius 3 is 1.91 bits per heavy atom. The quantitative estimate of drug-likeness (QED) is 0.593. The smallest absolute Gasteiger partial charge is 0.119 e. The van der Waals surface area contributed by atoms with Gasteiger partial charge in [0.15, 0.2) is 0 Å². The van der Waals surface area contributed by atoms with E-state index in [1.807, 2.05) is 24.3 Å². The molecule has 0 unspecified atom stereocenters. The summed E-state index contributed by atoms with van der Waals surface area (Å²) in [5, 5.41) is 9.32. The lowest BCUT2D eigenvalue weighted by atomic mass is 10.1. The molecule has 2 heteroatoms.